The van der Waals surface area contributed by atoms with Crippen molar-refractivity contribution in [2.75, 3.05) is 0 Å². The van der Waals surface area contributed by atoms with E-state index in [2.05, 4.69) is 23.8 Å². The number of nitrogens with zero attached hydrogens (tertiary/aromatic N) is 2. The lowest BCUT2D eigenvalue weighted by molar-refractivity contribution is 0.0157. The lowest BCUT2D eigenvalue weighted by atomic mass is 9.85. The Morgan fingerprint density at radius 1 is 0.970 bits per heavy atom. The number of unbranched alkanes of at least 4 members (excludes halogenated alkanes) is 5. The molecular formula is C28H39FN2O2. The second kappa shape index (κ2) is 13.4. The fourth-order valence-corrected chi connectivity index (χ4v) is 4.72. The first-order chi connectivity index (χ1) is 16.1. The maximum Gasteiger partial charge on any atom is 0.341 e. The first kappa shape index (κ1) is 25.3. The van der Waals surface area contributed by atoms with E-state index in [4.69, 9.17) is 4.74 Å². The van der Waals surface area contributed by atoms with Gasteiger partial charge in [0.15, 0.2) is 5.82 Å². The summed E-state index contributed by atoms with van der Waals surface area (Å²) in [6, 6.07) is 4.52. The highest BCUT2D eigenvalue weighted by Crippen LogP contribution is 2.30. The van der Waals surface area contributed by atoms with Crippen molar-refractivity contribution < 1.29 is 13.9 Å². The lowest BCUT2D eigenvalue weighted by Gasteiger charge is -2.28. The van der Waals surface area contributed by atoms with E-state index >= 15 is 0 Å². The zero-order valence-corrected chi connectivity index (χ0v) is 20.3. The highest BCUT2D eigenvalue weighted by atomic mass is 19.1. The molecule has 1 fully saturated rings. The van der Waals surface area contributed by atoms with Gasteiger partial charge in [0.2, 0.25) is 0 Å². The number of rotatable bonds is 12. The Bertz CT molecular complexity index is 861. The molecule has 1 heterocycles. The molecule has 1 aliphatic carbocycles. The maximum absolute atomic E-state index is 14.7. The van der Waals surface area contributed by atoms with Crippen molar-refractivity contribution in [2.45, 2.75) is 103 Å². The van der Waals surface area contributed by atoms with Gasteiger partial charge in [0.1, 0.15) is 11.9 Å². The van der Waals surface area contributed by atoms with E-state index in [9.17, 15) is 9.18 Å². The van der Waals surface area contributed by atoms with E-state index < -0.39 is 11.8 Å². The molecule has 0 radical (unpaired) electrons. The number of carbonyl (C=O) groups excluding carboxylic acids is 1. The van der Waals surface area contributed by atoms with E-state index in [0.717, 1.165) is 50.0 Å². The summed E-state index contributed by atoms with van der Waals surface area (Å²) in [5, 5.41) is 0. The van der Waals surface area contributed by atoms with Crippen LogP contribution in [0.5, 0.6) is 0 Å². The molecule has 0 amide bonds. The maximum atomic E-state index is 14.7. The van der Waals surface area contributed by atoms with Crippen molar-refractivity contribution in [3.63, 3.8) is 0 Å². The Morgan fingerprint density at radius 2 is 1.67 bits per heavy atom. The average Bonchev–Trinajstić information content (AvgIpc) is 2.83. The van der Waals surface area contributed by atoms with Crippen LogP contribution < -0.4 is 0 Å². The number of halogens is 1. The molecule has 33 heavy (non-hydrogen) atoms. The standard InChI is InChI=1S/C28H39FN2O2/c1-3-5-6-7-8-9-11-22-19-30-27(31-20-22)23-14-17-25(26(29)18-23)28(32)33-24-15-12-21(10-4-2)13-16-24/h14,17-21,24H,3-13,15-16H2,1-2H3/t21-,24-. The van der Waals surface area contributed by atoms with Gasteiger partial charge in [-0.3, -0.25) is 0 Å². The van der Waals surface area contributed by atoms with E-state index in [0.29, 0.717) is 11.4 Å². The normalized spacial score (nSPS) is 18.3. The molecule has 1 aromatic heterocycles. The zero-order valence-electron chi connectivity index (χ0n) is 20.3. The lowest BCUT2D eigenvalue weighted by Crippen LogP contribution is -2.25. The predicted octanol–water partition coefficient (Wildman–Crippen LogP) is 7.70. The number of benzene rings is 1. The van der Waals surface area contributed by atoms with Crippen LogP contribution in [0, 0.1) is 11.7 Å². The summed E-state index contributed by atoms with van der Waals surface area (Å²) in [7, 11) is 0. The zero-order chi connectivity index (χ0) is 23.5. The van der Waals surface area contributed by atoms with Gasteiger partial charge >= 0.3 is 5.97 Å². The molecule has 0 N–H and O–H groups in total. The van der Waals surface area contributed by atoms with Crippen molar-refractivity contribution in [2.24, 2.45) is 5.92 Å². The third-order valence-corrected chi connectivity index (χ3v) is 6.74. The number of hydrogen-bond donors (Lipinski definition) is 0. The average molecular weight is 455 g/mol. The van der Waals surface area contributed by atoms with E-state index in [1.807, 2.05) is 12.4 Å². The summed E-state index contributed by atoms with van der Waals surface area (Å²) in [6.45, 7) is 4.43. The quantitative estimate of drug-likeness (QED) is 0.243. The molecule has 1 aromatic carbocycles. The van der Waals surface area contributed by atoms with Gasteiger partial charge in [-0.15, -0.1) is 0 Å². The molecule has 2 aromatic rings. The fourth-order valence-electron chi connectivity index (χ4n) is 4.72. The summed E-state index contributed by atoms with van der Waals surface area (Å²) in [5.74, 6) is 0.0398. The van der Waals surface area contributed by atoms with Gasteiger partial charge in [-0.25, -0.2) is 19.2 Å². The van der Waals surface area contributed by atoms with Crippen molar-refractivity contribution >= 4 is 5.97 Å². The predicted molar refractivity (Wildman–Crippen MR) is 131 cm³/mol. The molecule has 0 atom stereocenters. The summed E-state index contributed by atoms with van der Waals surface area (Å²) in [6.07, 6.45) is 18.4. The molecule has 5 heteroatoms. The number of carbonyl (C=O) groups is 1. The van der Waals surface area contributed by atoms with Crippen molar-refractivity contribution in [1.29, 1.82) is 0 Å². The van der Waals surface area contributed by atoms with Crippen molar-refractivity contribution in [3.8, 4) is 11.4 Å². The number of esters is 1. The molecule has 0 saturated heterocycles. The van der Waals surface area contributed by atoms with Gasteiger partial charge < -0.3 is 4.74 Å². The first-order valence-corrected chi connectivity index (χ1v) is 12.9. The largest absolute Gasteiger partial charge is 0.459 e. The third kappa shape index (κ3) is 7.90. The number of hydrogen-bond acceptors (Lipinski definition) is 4. The minimum Gasteiger partial charge on any atom is -0.459 e. The van der Waals surface area contributed by atoms with E-state index in [1.165, 1.54) is 57.1 Å². The summed E-state index contributed by atoms with van der Waals surface area (Å²) < 4.78 is 20.3. The molecular weight excluding hydrogens is 415 g/mol. The minimum absolute atomic E-state index is 0.0193. The van der Waals surface area contributed by atoms with Crippen LogP contribution in [0.1, 0.15) is 107 Å². The van der Waals surface area contributed by atoms with Crippen molar-refractivity contribution in [3.05, 3.63) is 47.5 Å². The van der Waals surface area contributed by atoms with Crippen LogP contribution in [0.4, 0.5) is 4.39 Å². The third-order valence-electron chi connectivity index (χ3n) is 6.74. The fraction of sp³-hybridized carbons (Fsp3) is 0.607. The summed E-state index contributed by atoms with van der Waals surface area (Å²) in [4.78, 5) is 21.4. The molecule has 3 rings (SSSR count). The molecule has 0 bridgehead atoms. The molecule has 1 saturated carbocycles. The summed E-state index contributed by atoms with van der Waals surface area (Å²) >= 11 is 0. The van der Waals surface area contributed by atoms with Gasteiger partial charge in [-0.2, -0.15) is 0 Å². The van der Waals surface area contributed by atoms with Gasteiger partial charge in [0.25, 0.3) is 0 Å². The molecule has 4 nitrogen and oxygen atoms in total. The molecule has 0 spiro atoms. The first-order valence-electron chi connectivity index (χ1n) is 12.9. The Balaban J connectivity index is 1.51. The second-order valence-corrected chi connectivity index (χ2v) is 9.46. The smallest absolute Gasteiger partial charge is 0.341 e. The highest BCUT2D eigenvalue weighted by molar-refractivity contribution is 5.90. The number of aromatic nitrogens is 2. The Labute approximate surface area is 198 Å². The highest BCUT2D eigenvalue weighted by Gasteiger charge is 2.25. The molecule has 0 aliphatic heterocycles. The Morgan fingerprint density at radius 3 is 2.33 bits per heavy atom. The molecule has 180 valence electrons. The molecule has 0 unspecified atom stereocenters. The van der Waals surface area contributed by atoms with Gasteiger partial charge in [0, 0.05) is 18.0 Å². The van der Waals surface area contributed by atoms with Gasteiger partial charge in [-0.1, -0.05) is 64.9 Å². The van der Waals surface area contributed by atoms with Crippen LogP contribution in [0.15, 0.2) is 30.6 Å². The van der Waals surface area contributed by atoms with Crippen LogP contribution in [-0.2, 0) is 11.2 Å². The van der Waals surface area contributed by atoms with Crippen LogP contribution in [0.3, 0.4) is 0 Å². The summed E-state index contributed by atoms with van der Waals surface area (Å²) in [5.41, 5.74) is 1.65. The van der Waals surface area contributed by atoms with Crippen LogP contribution in [0.2, 0.25) is 0 Å². The van der Waals surface area contributed by atoms with Crippen LogP contribution in [-0.4, -0.2) is 22.0 Å². The monoisotopic (exact) mass is 454 g/mol. The van der Waals surface area contributed by atoms with E-state index in [1.54, 1.807) is 6.07 Å². The van der Waals surface area contributed by atoms with Crippen LogP contribution >= 0.6 is 0 Å². The Kier molecular flexibility index (Phi) is 10.3. The van der Waals surface area contributed by atoms with E-state index in [-0.39, 0.29) is 11.7 Å². The minimum atomic E-state index is -0.586. The number of aryl methyl sites for hydroxylation is 1. The SMILES string of the molecule is CCCCCCCCc1cnc(-c2ccc(C(=O)O[C@H]3CC[C@H](CCC)CC3)c(F)c2)nc1. The molecule has 1 aliphatic rings. The van der Waals surface area contributed by atoms with Gasteiger partial charge in [-0.05, 0) is 62.1 Å². The topological polar surface area (TPSA) is 52.1 Å². The number of ether oxygens (including phenoxy) is 1. The van der Waals surface area contributed by atoms with Crippen LogP contribution in [0.25, 0.3) is 11.4 Å². The van der Waals surface area contributed by atoms with Crippen molar-refractivity contribution in [1.82, 2.24) is 9.97 Å². The second-order valence-electron chi connectivity index (χ2n) is 9.46. The Hall–Kier alpha value is -2.30. The van der Waals surface area contributed by atoms with Gasteiger partial charge in [0.05, 0.1) is 5.56 Å².